The molecule has 0 spiro atoms. The molecule has 0 aliphatic carbocycles. The number of esters is 1. The summed E-state index contributed by atoms with van der Waals surface area (Å²) in [6, 6.07) is 5.16. The van der Waals surface area contributed by atoms with Crippen LogP contribution in [0.25, 0.3) is 6.08 Å². The number of methoxy groups -OCH3 is 1. The second-order valence-electron chi connectivity index (χ2n) is 5.01. The maximum Gasteiger partial charge on any atom is 0.323 e. The number of rotatable bonds is 6. The number of carbonyl (C=O) groups is 3. The lowest BCUT2D eigenvalue weighted by Crippen LogP contribution is -2.33. The Labute approximate surface area is 153 Å². The Morgan fingerprint density at radius 2 is 2.12 bits per heavy atom. The molecule has 0 unspecified atom stereocenters. The van der Waals surface area contributed by atoms with Crippen molar-refractivity contribution in [2.75, 3.05) is 13.7 Å². The van der Waals surface area contributed by atoms with Gasteiger partial charge in [-0.3, -0.25) is 19.3 Å². The highest BCUT2D eigenvalue weighted by molar-refractivity contribution is 8.26. The van der Waals surface area contributed by atoms with Gasteiger partial charge >= 0.3 is 11.9 Å². The predicted octanol–water partition coefficient (Wildman–Crippen LogP) is 2.04. The topological polar surface area (TPSA) is 93.1 Å². The molecular formula is C16H15NO6S2. The number of thiocarbonyl (C=S) groups is 1. The second kappa shape index (κ2) is 8.13. The van der Waals surface area contributed by atoms with Gasteiger partial charge in [-0.25, -0.2) is 0 Å². The summed E-state index contributed by atoms with van der Waals surface area (Å²) in [6.07, 6.45) is 1.61. The molecule has 1 amide bonds. The van der Waals surface area contributed by atoms with Gasteiger partial charge in [0.2, 0.25) is 0 Å². The molecule has 1 saturated heterocycles. The highest BCUT2D eigenvalue weighted by atomic mass is 32.2. The number of carboxylic acid groups (broad SMARTS) is 1. The molecule has 132 valence electrons. The van der Waals surface area contributed by atoms with Crippen LogP contribution in [0.4, 0.5) is 0 Å². The number of hydrogen-bond donors (Lipinski definition) is 1. The Hall–Kier alpha value is -2.39. The Bertz CT molecular complexity index is 774. The summed E-state index contributed by atoms with van der Waals surface area (Å²) in [5, 5.41) is 8.85. The van der Waals surface area contributed by atoms with Crippen LogP contribution in [0, 0.1) is 0 Å². The number of carbonyl (C=O) groups excluding carboxylic acids is 2. The van der Waals surface area contributed by atoms with E-state index >= 15 is 0 Å². The van der Waals surface area contributed by atoms with Gasteiger partial charge in [-0.1, -0.05) is 30.0 Å². The van der Waals surface area contributed by atoms with Crippen LogP contribution in [0.3, 0.4) is 0 Å². The van der Waals surface area contributed by atoms with E-state index in [9.17, 15) is 14.4 Å². The first-order valence-corrected chi connectivity index (χ1v) is 8.31. The van der Waals surface area contributed by atoms with Crippen molar-refractivity contribution in [2.45, 2.75) is 13.5 Å². The third-order valence-electron chi connectivity index (χ3n) is 3.20. The van der Waals surface area contributed by atoms with Crippen molar-refractivity contribution >= 4 is 52.2 Å². The SMILES string of the molecule is COc1ccc(/C=C2/SC(=S)N(CC(=O)O)C2=O)cc1COC(C)=O. The highest BCUT2D eigenvalue weighted by Crippen LogP contribution is 2.33. The summed E-state index contributed by atoms with van der Waals surface area (Å²) in [4.78, 5) is 35.4. The summed E-state index contributed by atoms with van der Waals surface area (Å²) < 4.78 is 10.4. The molecule has 1 aromatic carbocycles. The number of amides is 1. The number of aliphatic carboxylic acids is 1. The third kappa shape index (κ3) is 4.80. The molecule has 1 aliphatic rings. The summed E-state index contributed by atoms with van der Waals surface area (Å²) in [6.45, 7) is 0.882. The monoisotopic (exact) mass is 381 g/mol. The van der Waals surface area contributed by atoms with Crippen LogP contribution in [0.15, 0.2) is 23.1 Å². The molecule has 0 aromatic heterocycles. The van der Waals surface area contributed by atoms with E-state index in [1.807, 2.05) is 0 Å². The van der Waals surface area contributed by atoms with Gasteiger partial charge in [-0.15, -0.1) is 0 Å². The number of nitrogens with zero attached hydrogens (tertiary/aromatic N) is 1. The van der Waals surface area contributed by atoms with Crippen LogP contribution >= 0.6 is 24.0 Å². The van der Waals surface area contributed by atoms with Gasteiger partial charge in [0.05, 0.1) is 12.0 Å². The largest absolute Gasteiger partial charge is 0.496 e. The van der Waals surface area contributed by atoms with Crippen molar-refractivity contribution in [3.8, 4) is 5.75 Å². The van der Waals surface area contributed by atoms with Gasteiger partial charge < -0.3 is 14.6 Å². The van der Waals surface area contributed by atoms with Gasteiger partial charge in [0.1, 0.15) is 23.2 Å². The number of ether oxygens (including phenoxy) is 2. The fourth-order valence-electron chi connectivity index (χ4n) is 2.10. The summed E-state index contributed by atoms with van der Waals surface area (Å²) in [5.41, 5.74) is 1.33. The summed E-state index contributed by atoms with van der Waals surface area (Å²) in [7, 11) is 1.50. The zero-order valence-electron chi connectivity index (χ0n) is 13.5. The van der Waals surface area contributed by atoms with E-state index in [2.05, 4.69) is 0 Å². The lowest BCUT2D eigenvalue weighted by atomic mass is 10.1. The fraction of sp³-hybridized carbons (Fsp3) is 0.250. The maximum absolute atomic E-state index is 12.3. The Kier molecular flexibility index (Phi) is 6.16. The van der Waals surface area contributed by atoms with Crippen LogP contribution in [0.1, 0.15) is 18.1 Å². The average Bonchev–Trinajstić information content (AvgIpc) is 2.80. The quantitative estimate of drug-likeness (QED) is 0.455. The van der Waals surface area contributed by atoms with Gasteiger partial charge in [0.25, 0.3) is 5.91 Å². The van der Waals surface area contributed by atoms with Crippen LogP contribution in [-0.4, -0.2) is 45.8 Å². The molecule has 0 atom stereocenters. The fourth-order valence-corrected chi connectivity index (χ4v) is 3.36. The molecule has 9 heteroatoms. The zero-order chi connectivity index (χ0) is 18.6. The van der Waals surface area contributed by atoms with E-state index in [1.54, 1.807) is 24.3 Å². The standard InChI is InChI=1S/C16H15NO6S2/c1-9(18)23-8-11-5-10(3-4-12(11)22-2)6-13-15(21)17(7-14(19)20)16(24)25-13/h3-6H,7-8H2,1-2H3,(H,19,20)/b13-6+. The smallest absolute Gasteiger partial charge is 0.323 e. The van der Waals surface area contributed by atoms with Crippen LogP contribution in [-0.2, 0) is 25.7 Å². The molecule has 0 saturated carbocycles. The first kappa shape index (κ1) is 18.9. The Balaban J connectivity index is 2.27. The Morgan fingerprint density at radius 1 is 1.40 bits per heavy atom. The van der Waals surface area contributed by atoms with Crippen LogP contribution in [0.2, 0.25) is 0 Å². The highest BCUT2D eigenvalue weighted by Gasteiger charge is 2.33. The molecule has 1 N–H and O–H groups in total. The van der Waals surface area contributed by atoms with Crippen molar-refractivity contribution in [1.82, 2.24) is 4.90 Å². The molecule has 0 bridgehead atoms. The minimum atomic E-state index is -1.13. The van der Waals surface area contributed by atoms with Crippen LogP contribution < -0.4 is 4.74 Å². The number of carboxylic acids is 1. The predicted molar refractivity (Wildman–Crippen MR) is 96.0 cm³/mol. The normalized spacial score (nSPS) is 15.6. The molecule has 0 radical (unpaired) electrons. The van der Waals surface area contributed by atoms with Gasteiger partial charge in [-0.2, -0.15) is 0 Å². The number of hydrogen-bond acceptors (Lipinski definition) is 7. The lowest BCUT2D eigenvalue weighted by Gasteiger charge is -2.10. The van der Waals surface area contributed by atoms with E-state index in [0.29, 0.717) is 21.8 Å². The molecule has 1 heterocycles. The van der Waals surface area contributed by atoms with E-state index in [4.69, 9.17) is 26.8 Å². The molecule has 7 nitrogen and oxygen atoms in total. The molecule has 1 aliphatic heterocycles. The van der Waals surface area contributed by atoms with E-state index in [0.717, 1.165) is 16.7 Å². The van der Waals surface area contributed by atoms with E-state index in [-0.39, 0.29) is 10.9 Å². The van der Waals surface area contributed by atoms with Crippen molar-refractivity contribution in [3.63, 3.8) is 0 Å². The molecule has 25 heavy (non-hydrogen) atoms. The van der Waals surface area contributed by atoms with Crippen molar-refractivity contribution in [2.24, 2.45) is 0 Å². The van der Waals surface area contributed by atoms with Crippen molar-refractivity contribution in [3.05, 3.63) is 34.2 Å². The van der Waals surface area contributed by atoms with E-state index in [1.165, 1.54) is 14.0 Å². The molecule has 1 aromatic rings. The number of benzene rings is 1. The summed E-state index contributed by atoms with van der Waals surface area (Å²) in [5.74, 6) is -1.45. The first-order valence-electron chi connectivity index (χ1n) is 7.09. The van der Waals surface area contributed by atoms with Gasteiger partial charge in [-0.05, 0) is 23.8 Å². The second-order valence-corrected chi connectivity index (χ2v) is 6.69. The Morgan fingerprint density at radius 3 is 2.72 bits per heavy atom. The third-order valence-corrected chi connectivity index (χ3v) is 4.58. The minimum Gasteiger partial charge on any atom is -0.496 e. The van der Waals surface area contributed by atoms with E-state index < -0.39 is 24.4 Å². The van der Waals surface area contributed by atoms with Crippen molar-refractivity contribution < 1.29 is 29.0 Å². The van der Waals surface area contributed by atoms with Crippen LogP contribution in [0.5, 0.6) is 5.75 Å². The lowest BCUT2D eigenvalue weighted by molar-refractivity contribution is -0.142. The maximum atomic E-state index is 12.3. The zero-order valence-corrected chi connectivity index (χ0v) is 15.1. The van der Waals surface area contributed by atoms with Gasteiger partial charge in [0, 0.05) is 12.5 Å². The molecule has 1 fully saturated rings. The average molecular weight is 381 g/mol. The number of thioether (sulfide) groups is 1. The summed E-state index contributed by atoms with van der Waals surface area (Å²) >= 11 is 6.09. The van der Waals surface area contributed by atoms with Gasteiger partial charge in [0.15, 0.2) is 0 Å². The minimum absolute atomic E-state index is 0.0418. The van der Waals surface area contributed by atoms with Crippen molar-refractivity contribution in [1.29, 1.82) is 0 Å². The first-order chi connectivity index (χ1) is 11.8. The molecular weight excluding hydrogens is 366 g/mol. The molecule has 2 rings (SSSR count).